The summed E-state index contributed by atoms with van der Waals surface area (Å²) in [6.07, 6.45) is 5.92. The van der Waals surface area contributed by atoms with Gasteiger partial charge in [-0.2, -0.15) is 5.10 Å². The maximum Gasteiger partial charge on any atom is 0.263 e. The molecule has 22 heavy (non-hydrogen) atoms. The molecule has 1 atom stereocenters. The molecule has 0 saturated carbocycles. The zero-order valence-electron chi connectivity index (χ0n) is 12.9. The first-order valence-corrected chi connectivity index (χ1v) is 8.40. The Morgan fingerprint density at radius 2 is 2.45 bits per heavy atom. The fourth-order valence-corrected chi connectivity index (χ4v) is 3.65. The molecule has 3 rings (SSSR count). The Morgan fingerprint density at radius 3 is 3.14 bits per heavy atom. The van der Waals surface area contributed by atoms with Gasteiger partial charge < -0.3 is 10.6 Å². The fraction of sp³-hybridized carbons (Fsp3) is 0.533. The van der Waals surface area contributed by atoms with Gasteiger partial charge in [0.2, 0.25) is 0 Å². The number of rotatable bonds is 5. The fourth-order valence-electron chi connectivity index (χ4n) is 2.69. The van der Waals surface area contributed by atoms with Crippen molar-refractivity contribution >= 4 is 17.2 Å². The van der Waals surface area contributed by atoms with E-state index in [1.165, 1.54) is 17.8 Å². The number of hydrogen-bond acceptors (Lipinski definition) is 5. The Hall–Kier alpha value is -1.73. The maximum atomic E-state index is 12.3. The van der Waals surface area contributed by atoms with Crippen LogP contribution in [0.2, 0.25) is 0 Å². The average Bonchev–Trinajstić information content (AvgIpc) is 3.19. The lowest BCUT2D eigenvalue weighted by molar-refractivity contribution is 0.0955. The number of nitrogens with zero attached hydrogens (tertiary/aromatic N) is 3. The molecule has 1 aliphatic heterocycles. The molecule has 1 aliphatic rings. The third-order valence-electron chi connectivity index (χ3n) is 3.96. The molecule has 2 aromatic heterocycles. The molecule has 6 nitrogen and oxygen atoms in total. The highest BCUT2D eigenvalue weighted by atomic mass is 32.1. The highest BCUT2D eigenvalue weighted by molar-refractivity contribution is 7.17. The molecule has 1 unspecified atom stereocenters. The van der Waals surface area contributed by atoms with Crippen molar-refractivity contribution in [2.75, 3.05) is 19.6 Å². The number of aromatic nitrogens is 3. The second-order valence-electron chi connectivity index (χ2n) is 5.74. The molecule has 1 amide bonds. The van der Waals surface area contributed by atoms with Crippen LogP contribution in [-0.2, 0) is 7.05 Å². The summed E-state index contributed by atoms with van der Waals surface area (Å²) in [7, 11) is 1.87. The second kappa shape index (κ2) is 6.58. The van der Waals surface area contributed by atoms with E-state index in [2.05, 4.69) is 20.7 Å². The first kappa shape index (κ1) is 15.2. The number of nitrogens with one attached hydrogen (secondary N) is 2. The molecule has 0 bridgehead atoms. The lowest BCUT2D eigenvalue weighted by Crippen LogP contribution is -2.26. The van der Waals surface area contributed by atoms with E-state index >= 15 is 0 Å². The van der Waals surface area contributed by atoms with Gasteiger partial charge in [0.15, 0.2) is 0 Å². The molecular weight excluding hydrogens is 298 g/mol. The summed E-state index contributed by atoms with van der Waals surface area (Å²) in [5.74, 6) is 0.671. The van der Waals surface area contributed by atoms with E-state index in [1.54, 1.807) is 10.9 Å². The van der Waals surface area contributed by atoms with Gasteiger partial charge in [0.05, 0.1) is 11.9 Å². The van der Waals surface area contributed by atoms with Gasteiger partial charge in [-0.15, -0.1) is 11.3 Å². The Bertz CT molecular complexity index is 657. The summed E-state index contributed by atoms with van der Waals surface area (Å²) < 4.78 is 1.74. The quantitative estimate of drug-likeness (QED) is 0.878. The van der Waals surface area contributed by atoms with Gasteiger partial charge in [-0.3, -0.25) is 9.48 Å². The van der Waals surface area contributed by atoms with Gasteiger partial charge in [-0.25, -0.2) is 4.98 Å². The predicted molar refractivity (Wildman–Crippen MR) is 87.0 cm³/mol. The number of carbonyl (C=O) groups excluding carboxylic acids is 1. The smallest absolute Gasteiger partial charge is 0.263 e. The van der Waals surface area contributed by atoms with E-state index in [1.807, 2.05) is 20.2 Å². The van der Waals surface area contributed by atoms with Crippen LogP contribution in [-0.4, -0.2) is 40.3 Å². The van der Waals surface area contributed by atoms with E-state index in [-0.39, 0.29) is 5.91 Å². The highest BCUT2D eigenvalue weighted by Gasteiger charge is 2.18. The molecule has 1 saturated heterocycles. The van der Waals surface area contributed by atoms with Crippen LogP contribution in [0.4, 0.5) is 0 Å². The third-order valence-corrected chi connectivity index (χ3v) is 5.16. The molecule has 7 heteroatoms. The van der Waals surface area contributed by atoms with Crippen LogP contribution in [0.1, 0.15) is 28.2 Å². The maximum absolute atomic E-state index is 12.3. The summed E-state index contributed by atoms with van der Waals surface area (Å²) >= 11 is 1.43. The van der Waals surface area contributed by atoms with Crippen molar-refractivity contribution in [3.05, 3.63) is 23.0 Å². The van der Waals surface area contributed by atoms with E-state index in [0.717, 1.165) is 42.3 Å². The summed E-state index contributed by atoms with van der Waals surface area (Å²) in [4.78, 5) is 17.5. The van der Waals surface area contributed by atoms with Gasteiger partial charge in [-0.05, 0) is 38.8 Å². The SMILES string of the molecule is Cc1nc(-c2cnn(C)c2)sc1C(=O)NCCC1CCNC1. The lowest BCUT2D eigenvalue weighted by Gasteiger charge is -2.08. The van der Waals surface area contributed by atoms with Crippen molar-refractivity contribution in [2.24, 2.45) is 13.0 Å². The molecule has 0 radical (unpaired) electrons. The number of hydrogen-bond donors (Lipinski definition) is 2. The molecule has 1 fully saturated rings. The Balaban J connectivity index is 1.61. The van der Waals surface area contributed by atoms with Crippen LogP contribution in [0, 0.1) is 12.8 Å². The minimum absolute atomic E-state index is 0.0175. The van der Waals surface area contributed by atoms with Crippen molar-refractivity contribution in [2.45, 2.75) is 19.8 Å². The van der Waals surface area contributed by atoms with Gasteiger partial charge in [0.25, 0.3) is 5.91 Å². The van der Waals surface area contributed by atoms with Gasteiger partial charge in [0.1, 0.15) is 9.88 Å². The zero-order valence-corrected chi connectivity index (χ0v) is 13.7. The molecule has 0 aromatic carbocycles. The lowest BCUT2D eigenvalue weighted by atomic mass is 10.1. The van der Waals surface area contributed by atoms with Gasteiger partial charge in [0, 0.05) is 25.4 Å². The summed E-state index contributed by atoms with van der Waals surface area (Å²) in [6.45, 7) is 4.78. The van der Waals surface area contributed by atoms with Crippen LogP contribution < -0.4 is 10.6 Å². The summed E-state index contributed by atoms with van der Waals surface area (Å²) in [5.41, 5.74) is 1.73. The van der Waals surface area contributed by atoms with Crippen LogP contribution in [0.25, 0.3) is 10.6 Å². The highest BCUT2D eigenvalue weighted by Crippen LogP contribution is 2.27. The van der Waals surface area contributed by atoms with Crippen LogP contribution >= 0.6 is 11.3 Å². The van der Waals surface area contributed by atoms with E-state index < -0.39 is 0 Å². The Morgan fingerprint density at radius 1 is 1.59 bits per heavy atom. The molecule has 118 valence electrons. The minimum atomic E-state index is -0.0175. The topological polar surface area (TPSA) is 71.8 Å². The summed E-state index contributed by atoms with van der Waals surface area (Å²) in [5, 5.41) is 11.4. The van der Waals surface area contributed by atoms with Crippen molar-refractivity contribution in [1.82, 2.24) is 25.4 Å². The largest absolute Gasteiger partial charge is 0.351 e. The number of thiazole rings is 1. The monoisotopic (exact) mass is 319 g/mol. The third kappa shape index (κ3) is 3.36. The number of aryl methyl sites for hydroxylation is 2. The second-order valence-corrected chi connectivity index (χ2v) is 6.74. The molecule has 0 spiro atoms. The van der Waals surface area contributed by atoms with Crippen LogP contribution in [0.3, 0.4) is 0 Å². The zero-order chi connectivity index (χ0) is 15.5. The van der Waals surface area contributed by atoms with Crippen molar-refractivity contribution in [3.63, 3.8) is 0 Å². The average molecular weight is 319 g/mol. The van der Waals surface area contributed by atoms with E-state index in [9.17, 15) is 4.79 Å². The van der Waals surface area contributed by atoms with Crippen molar-refractivity contribution < 1.29 is 4.79 Å². The minimum Gasteiger partial charge on any atom is -0.351 e. The van der Waals surface area contributed by atoms with Crippen LogP contribution in [0.5, 0.6) is 0 Å². The molecule has 2 aromatic rings. The predicted octanol–water partition coefficient (Wildman–Crippen LogP) is 1.58. The van der Waals surface area contributed by atoms with E-state index in [0.29, 0.717) is 10.8 Å². The summed E-state index contributed by atoms with van der Waals surface area (Å²) in [6, 6.07) is 0. The van der Waals surface area contributed by atoms with Gasteiger partial charge >= 0.3 is 0 Å². The number of carbonyl (C=O) groups is 1. The van der Waals surface area contributed by atoms with Crippen molar-refractivity contribution in [3.8, 4) is 10.6 Å². The number of amides is 1. The van der Waals surface area contributed by atoms with E-state index in [4.69, 9.17) is 0 Å². The molecule has 2 N–H and O–H groups in total. The molecule has 3 heterocycles. The van der Waals surface area contributed by atoms with Crippen LogP contribution in [0.15, 0.2) is 12.4 Å². The Kier molecular flexibility index (Phi) is 4.54. The first-order chi connectivity index (χ1) is 10.6. The van der Waals surface area contributed by atoms with Gasteiger partial charge in [-0.1, -0.05) is 0 Å². The first-order valence-electron chi connectivity index (χ1n) is 7.59. The normalized spacial score (nSPS) is 17.8. The molecule has 0 aliphatic carbocycles. The standard InChI is InChI=1S/C15H21N5OS/c1-10-13(14(21)17-6-4-11-3-5-16-7-11)22-15(19-10)12-8-18-20(2)9-12/h8-9,11,16H,3-7H2,1-2H3,(H,17,21). The Labute approximate surface area is 133 Å². The molecular formula is C15H21N5OS. The van der Waals surface area contributed by atoms with Crippen molar-refractivity contribution in [1.29, 1.82) is 0 Å².